The van der Waals surface area contributed by atoms with Gasteiger partial charge in [0.15, 0.2) is 11.5 Å². The van der Waals surface area contributed by atoms with Crippen LogP contribution >= 0.6 is 0 Å². The molecule has 11 heteroatoms. The minimum atomic E-state index is -1.72. The molecule has 2 aliphatic heterocycles. The van der Waals surface area contributed by atoms with E-state index >= 15 is 0 Å². The molecule has 0 aromatic heterocycles. The van der Waals surface area contributed by atoms with Gasteiger partial charge in [-0.25, -0.2) is 0 Å². The molecule has 0 aliphatic carbocycles. The van der Waals surface area contributed by atoms with Crippen LogP contribution in [0.2, 0.25) is 0 Å². The number of fused-ring (bicyclic) bond motifs is 1. The molecule has 1 saturated heterocycles. The van der Waals surface area contributed by atoms with Crippen molar-refractivity contribution in [2.75, 3.05) is 6.61 Å². The third-order valence-corrected chi connectivity index (χ3v) is 5.89. The second-order valence-electron chi connectivity index (χ2n) is 7.94. The van der Waals surface area contributed by atoms with Gasteiger partial charge in [-0.3, -0.25) is 0 Å². The summed E-state index contributed by atoms with van der Waals surface area (Å²) in [6, 6.07) is 4.77. The Hall–Kier alpha value is -2.80. The van der Waals surface area contributed by atoms with E-state index in [1.165, 1.54) is 18.2 Å². The Morgan fingerprint density at radius 2 is 1.50 bits per heavy atom. The van der Waals surface area contributed by atoms with Gasteiger partial charge in [-0.1, -0.05) is 6.07 Å². The summed E-state index contributed by atoms with van der Waals surface area (Å²) < 4.78 is 11.4. The number of aliphatic hydroxyl groups is 5. The maximum Gasteiger partial charge on any atom is 0.157 e. The van der Waals surface area contributed by atoms with E-state index in [4.69, 9.17) is 9.47 Å². The molecule has 4 rings (SSSR count). The van der Waals surface area contributed by atoms with Crippen LogP contribution in [-0.4, -0.2) is 83.1 Å². The van der Waals surface area contributed by atoms with Crippen molar-refractivity contribution < 1.29 is 55.4 Å². The Bertz CT molecular complexity index is 1010. The monoisotopic (exact) mass is 452 g/mol. The van der Waals surface area contributed by atoms with Gasteiger partial charge in [-0.2, -0.15) is 0 Å². The summed E-state index contributed by atoms with van der Waals surface area (Å²) in [4.78, 5) is 0. The van der Waals surface area contributed by atoms with Crippen molar-refractivity contribution in [3.8, 4) is 28.7 Å². The Morgan fingerprint density at radius 3 is 2.16 bits per heavy atom. The maximum atomic E-state index is 10.6. The van der Waals surface area contributed by atoms with E-state index in [9.17, 15) is 46.0 Å². The molecule has 11 nitrogen and oxygen atoms in total. The van der Waals surface area contributed by atoms with Crippen molar-refractivity contribution in [1.82, 2.24) is 0 Å². The lowest BCUT2D eigenvalue weighted by Crippen LogP contribution is -2.55. The lowest BCUT2D eigenvalue weighted by atomic mass is 9.86. The number of hydrogen-bond donors (Lipinski definition) is 9. The van der Waals surface area contributed by atoms with Gasteiger partial charge in [0.2, 0.25) is 0 Å². The second kappa shape index (κ2) is 8.28. The number of rotatable bonds is 3. The average molecular weight is 452 g/mol. The zero-order valence-corrected chi connectivity index (χ0v) is 16.6. The largest absolute Gasteiger partial charge is 0.507 e. The lowest BCUT2D eigenvalue weighted by Gasteiger charge is -2.42. The van der Waals surface area contributed by atoms with Crippen molar-refractivity contribution >= 4 is 0 Å². The second-order valence-corrected chi connectivity index (χ2v) is 7.94. The van der Waals surface area contributed by atoms with Crippen molar-refractivity contribution in [3.05, 3.63) is 41.0 Å². The van der Waals surface area contributed by atoms with Gasteiger partial charge in [-0.15, -0.1) is 0 Å². The summed E-state index contributed by atoms with van der Waals surface area (Å²) in [7, 11) is 0. The molecule has 2 aliphatic rings. The number of ether oxygens (including phenoxy) is 2. The van der Waals surface area contributed by atoms with Gasteiger partial charge in [0.25, 0.3) is 0 Å². The maximum absolute atomic E-state index is 10.6. The van der Waals surface area contributed by atoms with Crippen molar-refractivity contribution in [2.24, 2.45) is 0 Å². The topological polar surface area (TPSA) is 201 Å². The minimum absolute atomic E-state index is 0.0986. The fraction of sp³-hybridized carbons (Fsp3) is 0.429. The molecule has 9 N–H and O–H groups in total. The van der Waals surface area contributed by atoms with Crippen LogP contribution in [0.15, 0.2) is 24.3 Å². The highest BCUT2D eigenvalue weighted by molar-refractivity contribution is 5.59. The van der Waals surface area contributed by atoms with Crippen molar-refractivity contribution in [3.63, 3.8) is 0 Å². The summed E-state index contributed by atoms with van der Waals surface area (Å²) in [6.45, 7) is -0.683. The number of hydrogen-bond acceptors (Lipinski definition) is 11. The van der Waals surface area contributed by atoms with E-state index < -0.39 is 66.6 Å². The zero-order valence-electron chi connectivity index (χ0n) is 16.6. The molecule has 0 radical (unpaired) electrons. The molecular formula is C21H24O11. The standard InChI is InChI=1S/C21H24O11/c22-6-14-16(28)17(29)18(30)21(31-14)15-12(26)5-10(24)8-4-13(27)19(32-20(8)15)7-1-2-9(23)11(25)3-7/h1-3,5,13-14,16-19,21-30H,4,6H2/t13-,14-,16+,17+,18-,19-,21?/m1/s1. The highest BCUT2D eigenvalue weighted by atomic mass is 16.5. The quantitative estimate of drug-likeness (QED) is 0.260. The van der Waals surface area contributed by atoms with Gasteiger partial charge >= 0.3 is 0 Å². The van der Waals surface area contributed by atoms with E-state index in [0.717, 1.165) is 6.07 Å². The van der Waals surface area contributed by atoms with E-state index in [-0.39, 0.29) is 34.6 Å². The Morgan fingerprint density at radius 1 is 0.781 bits per heavy atom. The predicted molar refractivity (Wildman–Crippen MR) is 105 cm³/mol. The average Bonchev–Trinajstić information content (AvgIpc) is 2.75. The molecule has 0 bridgehead atoms. The smallest absolute Gasteiger partial charge is 0.157 e. The van der Waals surface area contributed by atoms with Crippen LogP contribution in [0.5, 0.6) is 28.7 Å². The third-order valence-electron chi connectivity index (χ3n) is 5.89. The van der Waals surface area contributed by atoms with Gasteiger partial charge in [0, 0.05) is 18.1 Å². The molecule has 7 atom stereocenters. The fourth-order valence-corrected chi connectivity index (χ4v) is 4.17. The first-order valence-electron chi connectivity index (χ1n) is 9.88. The van der Waals surface area contributed by atoms with Crippen LogP contribution in [0.3, 0.4) is 0 Å². The molecule has 174 valence electrons. The van der Waals surface area contributed by atoms with Crippen LogP contribution < -0.4 is 4.74 Å². The molecule has 0 saturated carbocycles. The molecule has 0 spiro atoms. The first-order valence-corrected chi connectivity index (χ1v) is 9.88. The van der Waals surface area contributed by atoms with Gasteiger partial charge in [0.05, 0.1) is 18.3 Å². The summed E-state index contributed by atoms with van der Waals surface area (Å²) in [5, 5.41) is 91.0. The first kappa shape index (κ1) is 22.4. The highest BCUT2D eigenvalue weighted by Crippen LogP contribution is 2.50. The first-order chi connectivity index (χ1) is 15.1. The van der Waals surface area contributed by atoms with Crippen LogP contribution in [0.1, 0.15) is 28.9 Å². The predicted octanol–water partition coefficient (Wildman–Crippen LogP) is -0.939. The Balaban J connectivity index is 1.80. The van der Waals surface area contributed by atoms with Crippen molar-refractivity contribution in [1.29, 1.82) is 0 Å². The number of benzene rings is 2. The van der Waals surface area contributed by atoms with Crippen LogP contribution in [-0.2, 0) is 11.2 Å². The number of aliphatic hydroxyl groups excluding tert-OH is 5. The fourth-order valence-electron chi connectivity index (χ4n) is 4.17. The van der Waals surface area contributed by atoms with Crippen LogP contribution in [0, 0.1) is 0 Å². The SMILES string of the molecule is OC[C@H]1OC(c2c(O)cc(O)c3c2O[C@H](c2ccc(O)c(O)c2)[C@H](O)C3)[C@H](O)[C@@H](O)[C@H]1O. The summed E-state index contributed by atoms with van der Waals surface area (Å²) >= 11 is 0. The highest BCUT2D eigenvalue weighted by Gasteiger charge is 2.47. The summed E-state index contributed by atoms with van der Waals surface area (Å²) in [5.74, 6) is -1.89. The number of phenolic OH excluding ortho intramolecular Hbond substituents is 4. The Labute approximate surface area is 181 Å². The van der Waals surface area contributed by atoms with E-state index in [0.29, 0.717) is 0 Å². The van der Waals surface area contributed by atoms with Crippen LogP contribution in [0.25, 0.3) is 0 Å². The molecule has 0 amide bonds. The number of aromatic hydroxyl groups is 4. The molecule has 2 heterocycles. The molecule has 2 aromatic carbocycles. The zero-order chi connectivity index (χ0) is 23.3. The molecule has 2 aromatic rings. The van der Waals surface area contributed by atoms with E-state index in [1.807, 2.05) is 0 Å². The molecule has 1 fully saturated rings. The van der Waals surface area contributed by atoms with Crippen molar-refractivity contribution in [2.45, 2.75) is 49.1 Å². The lowest BCUT2D eigenvalue weighted by molar-refractivity contribution is -0.232. The molecule has 32 heavy (non-hydrogen) atoms. The molecule has 1 unspecified atom stereocenters. The minimum Gasteiger partial charge on any atom is -0.507 e. The third kappa shape index (κ3) is 3.58. The van der Waals surface area contributed by atoms with Crippen LogP contribution in [0.4, 0.5) is 0 Å². The molecular weight excluding hydrogens is 428 g/mol. The van der Waals surface area contributed by atoms with Gasteiger partial charge < -0.3 is 55.4 Å². The summed E-state index contributed by atoms with van der Waals surface area (Å²) in [6.07, 6.45) is -10.2. The van der Waals surface area contributed by atoms with Gasteiger partial charge in [-0.05, 0) is 17.7 Å². The Kier molecular flexibility index (Phi) is 5.79. The van der Waals surface area contributed by atoms with Gasteiger partial charge in [0.1, 0.15) is 53.9 Å². The van der Waals surface area contributed by atoms with E-state index in [1.54, 1.807) is 0 Å². The normalized spacial score (nSPS) is 32.2. The summed E-state index contributed by atoms with van der Waals surface area (Å²) in [5.41, 5.74) is 0.220. The number of phenols is 4. The van der Waals surface area contributed by atoms with E-state index in [2.05, 4.69) is 0 Å².